The Balaban J connectivity index is 2.37. The molecule has 0 bridgehead atoms. The van der Waals surface area contributed by atoms with Gasteiger partial charge in [0.05, 0.1) is 11.3 Å². The molecule has 0 heterocycles. The van der Waals surface area contributed by atoms with Gasteiger partial charge in [-0.15, -0.1) is 0 Å². The highest BCUT2D eigenvalue weighted by Gasteiger charge is 2.20. The van der Waals surface area contributed by atoms with E-state index in [1.54, 1.807) is 42.5 Å². The highest BCUT2D eigenvalue weighted by molar-refractivity contribution is 6.12. The topological polar surface area (TPSA) is 83.6 Å². The first-order valence-electron chi connectivity index (χ1n) is 6.47. The van der Waals surface area contributed by atoms with E-state index in [4.69, 9.17) is 5.73 Å². The number of hydroxylamine groups is 1. The van der Waals surface area contributed by atoms with Crippen LogP contribution in [0.4, 0.5) is 5.69 Å². The van der Waals surface area contributed by atoms with Crippen LogP contribution < -0.4 is 10.8 Å². The molecule has 0 spiro atoms. The van der Waals surface area contributed by atoms with Gasteiger partial charge in [-0.3, -0.25) is 14.8 Å². The molecule has 2 aromatic carbocycles. The molecule has 2 rings (SSSR count). The molecule has 0 saturated carbocycles. The smallest absolute Gasteiger partial charge is 0.282 e. The Morgan fingerprint density at radius 3 is 2.38 bits per heavy atom. The molecular formula is C16H16N2O3. The highest BCUT2D eigenvalue weighted by Crippen LogP contribution is 2.19. The fraction of sp³-hybridized carbons (Fsp3) is 0.125. The number of carbonyl (C=O) groups is 2. The fourth-order valence-corrected chi connectivity index (χ4v) is 2.02. The maximum atomic E-state index is 12.4. The number of hydrogen-bond donors (Lipinski definition) is 2. The van der Waals surface area contributed by atoms with E-state index in [1.165, 1.54) is 13.0 Å². The summed E-state index contributed by atoms with van der Waals surface area (Å²) in [5, 5.41) is 10.6. The van der Waals surface area contributed by atoms with Gasteiger partial charge in [-0.05, 0) is 30.7 Å². The van der Waals surface area contributed by atoms with Crippen molar-refractivity contribution < 1.29 is 14.8 Å². The molecule has 0 aliphatic rings. The summed E-state index contributed by atoms with van der Waals surface area (Å²) in [6.45, 7) is 1.68. The third-order valence-electron chi connectivity index (χ3n) is 3.12. The molecule has 0 saturated heterocycles. The predicted molar refractivity (Wildman–Crippen MR) is 79.4 cm³/mol. The summed E-state index contributed by atoms with van der Waals surface area (Å²) in [6, 6.07) is 13.1. The standard InChI is InChI=1S/C16H16N2O3/c1-11(19)14-7-2-3-8-15(14)16(20)18(21)13-6-4-5-12(9-13)10-17/h2-9,21H,10,17H2,1H3. The van der Waals surface area contributed by atoms with Crippen LogP contribution in [0.15, 0.2) is 48.5 Å². The number of benzene rings is 2. The van der Waals surface area contributed by atoms with Gasteiger partial charge in [0.25, 0.3) is 5.91 Å². The molecule has 0 aliphatic heterocycles. The maximum absolute atomic E-state index is 12.4. The van der Waals surface area contributed by atoms with Gasteiger partial charge in [-0.1, -0.05) is 30.3 Å². The Kier molecular flexibility index (Phi) is 4.47. The third kappa shape index (κ3) is 3.16. The Labute approximate surface area is 122 Å². The van der Waals surface area contributed by atoms with E-state index >= 15 is 0 Å². The van der Waals surface area contributed by atoms with Gasteiger partial charge in [0.2, 0.25) is 0 Å². The number of anilines is 1. The minimum Gasteiger partial charge on any atom is -0.326 e. The molecule has 0 aromatic heterocycles. The molecule has 3 N–H and O–H groups in total. The van der Waals surface area contributed by atoms with Crippen LogP contribution in [0.25, 0.3) is 0 Å². The summed E-state index contributed by atoms with van der Waals surface area (Å²) in [5.41, 5.74) is 7.07. The van der Waals surface area contributed by atoms with Gasteiger partial charge in [-0.2, -0.15) is 5.06 Å². The Morgan fingerprint density at radius 1 is 1.10 bits per heavy atom. The molecule has 21 heavy (non-hydrogen) atoms. The van der Waals surface area contributed by atoms with Crippen molar-refractivity contribution in [3.63, 3.8) is 0 Å². The minimum atomic E-state index is -0.657. The van der Waals surface area contributed by atoms with Gasteiger partial charge < -0.3 is 5.73 Å². The summed E-state index contributed by atoms with van der Waals surface area (Å²) in [6.07, 6.45) is 0. The van der Waals surface area contributed by atoms with E-state index in [0.29, 0.717) is 17.3 Å². The van der Waals surface area contributed by atoms with Crippen molar-refractivity contribution in [2.45, 2.75) is 13.5 Å². The van der Waals surface area contributed by atoms with Crippen LogP contribution in [0.1, 0.15) is 33.2 Å². The monoisotopic (exact) mass is 284 g/mol. The Bertz CT molecular complexity index is 683. The van der Waals surface area contributed by atoms with Crippen LogP contribution >= 0.6 is 0 Å². The third-order valence-corrected chi connectivity index (χ3v) is 3.12. The van der Waals surface area contributed by atoms with Crippen LogP contribution in [0.2, 0.25) is 0 Å². The first kappa shape index (κ1) is 14.9. The Morgan fingerprint density at radius 2 is 1.76 bits per heavy atom. The van der Waals surface area contributed by atoms with Gasteiger partial charge >= 0.3 is 0 Å². The van der Waals surface area contributed by atoms with Crippen molar-refractivity contribution in [1.82, 2.24) is 0 Å². The Hall–Kier alpha value is -2.50. The number of Topliss-reactive ketones (excluding diaryl/α,β-unsaturated/α-hetero) is 1. The number of carbonyl (C=O) groups excluding carboxylic acids is 2. The number of ketones is 1. The summed E-state index contributed by atoms with van der Waals surface area (Å²) in [7, 11) is 0. The number of nitrogens with zero attached hydrogens (tertiary/aromatic N) is 1. The largest absolute Gasteiger partial charge is 0.326 e. The number of nitrogens with two attached hydrogens (primary N) is 1. The second-order valence-corrected chi connectivity index (χ2v) is 4.59. The van der Waals surface area contributed by atoms with Crippen LogP contribution in [0.5, 0.6) is 0 Å². The quantitative estimate of drug-likeness (QED) is 0.513. The summed E-state index contributed by atoms with van der Waals surface area (Å²) in [5.74, 6) is -0.891. The number of hydrogen-bond acceptors (Lipinski definition) is 4. The van der Waals surface area contributed by atoms with Crippen LogP contribution in [0.3, 0.4) is 0 Å². The minimum absolute atomic E-state index is 0.158. The van der Waals surface area contributed by atoms with E-state index in [0.717, 1.165) is 5.56 Å². The molecule has 0 atom stereocenters. The molecule has 1 amide bonds. The van der Waals surface area contributed by atoms with Gasteiger partial charge in [0.1, 0.15) is 0 Å². The average Bonchev–Trinajstić information content (AvgIpc) is 2.53. The lowest BCUT2D eigenvalue weighted by atomic mass is 10.0. The van der Waals surface area contributed by atoms with Crippen molar-refractivity contribution in [3.8, 4) is 0 Å². The van der Waals surface area contributed by atoms with Crippen LogP contribution in [-0.2, 0) is 6.54 Å². The van der Waals surface area contributed by atoms with Crippen molar-refractivity contribution in [3.05, 3.63) is 65.2 Å². The van der Waals surface area contributed by atoms with Crippen molar-refractivity contribution >= 4 is 17.4 Å². The van der Waals surface area contributed by atoms with Crippen molar-refractivity contribution in [2.24, 2.45) is 5.73 Å². The lowest BCUT2D eigenvalue weighted by molar-refractivity contribution is 0.0848. The van der Waals surface area contributed by atoms with Crippen LogP contribution in [0, 0.1) is 0 Å². The maximum Gasteiger partial charge on any atom is 0.282 e. The second-order valence-electron chi connectivity index (χ2n) is 4.59. The number of amides is 1. The molecule has 5 nitrogen and oxygen atoms in total. The SMILES string of the molecule is CC(=O)c1ccccc1C(=O)N(O)c1cccc(CN)c1. The highest BCUT2D eigenvalue weighted by atomic mass is 16.5. The first-order valence-corrected chi connectivity index (χ1v) is 6.47. The molecule has 2 aromatic rings. The van der Waals surface area contributed by atoms with Gasteiger partial charge in [-0.25, -0.2) is 0 Å². The van der Waals surface area contributed by atoms with E-state index in [-0.39, 0.29) is 16.9 Å². The zero-order chi connectivity index (χ0) is 15.4. The summed E-state index contributed by atoms with van der Waals surface area (Å²) < 4.78 is 0. The second kappa shape index (κ2) is 6.30. The predicted octanol–water partition coefficient (Wildman–Crippen LogP) is 2.38. The van der Waals surface area contributed by atoms with E-state index in [1.807, 2.05) is 0 Å². The molecule has 5 heteroatoms. The zero-order valence-electron chi connectivity index (χ0n) is 11.6. The molecule has 108 valence electrons. The van der Waals surface area contributed by atoms with Gasteiger partial charge in [0.15, 0.2) is 5.78 Å². The molecule has 0 aliphatic carbocycles. The average molecular weight is 284 g/mol. The van der Waals surface area contributed by atoms with E-state index in [9.17, 15) is 14.8 Å². The normalized spacial score (nSPS) is 10.2. The zero-order valence-corrected chi connectivity index (χ0v) is 11.6. The van der Waals surface area contributed by atoms with E-state index in [2.05, 4.69) is 0 Å². The molecule has 0 radical (unpaired) electrons. The summed E-state index contributed by atoms with van der Waals surface area (Å²) in [4.78, 5) is 23.9. The lowest BCUT2D eigenvalue weighted by Crippen LogP contribution is -2.28. The molecule has 0 unspecified atom stereocenters. The van der Waals surface area contributed by atoms with Crippen molar-refractivity contribution in [1.29, 1.82) is 0 Å². The van der Waals surface area contributed by atoms with E-state index < -0.39 is 5.91 Å². The van der Waals surface area contributed by atoms with Crippen molar-refractivity contribution in [2.75, 3.05) is 5.06 Å². The lowest BCUT2D eigenvalue weighted by Gasteiger charge is -2.17. The van der Waals surface area contributed by atoms with Gasteiger partial charge in [0, 0.05) is 12.1 Å². The first-order chi connectivity index (χ1) is 10.0. The van der Waals surface area contributed by atoms with Crippen LogP contribution in [-0.4, -0.2) is 16.9 Å². The molecular weight excluding hydrogens is 268 g/mol. The number of rotatable bonds is 4. The fourth-order valence-electron chi connectivity index (χ4n) is 2.02. The molecule has 0 fully saturated rings. The summed E-state index contributed by atoms with van der Waals surface area (Å²) >= 11 is 0.